The van der Waals surface area contributed by atoms with Crippen LogP contribution in [0.25, 0.3) is 10.2 Å². The largest absolute Gasteiger partial charge is 0.469 e. The molecule has 90 valence electrons. The molecule has 5 heteroatoms. The summed E-state index contributed by atoms with van der Waals surface area (Å²) in [5.74, 6) is 0.536. The van der Waals surface area contributed by atoms with E-state index >= 15 is 0 Å². The van der Waals surface area contributed by atoms with Gasteiger partial charge < -0.3 is 4.74 Å². The van der Waals surface area contributed by atoms with Crippen LogP contribution in [-0.4, -0.2) is 22.4 Å². The Morgan fingerprint density at radius 1 is 1.41 bits per heavy atom. The first kappa shape index (κ1) is 12.0. The summed E-state index contributed by atoms with van der Waals surface area (Å²) in [6, 6.07) is 1.90. The first-order valence-corrected chi connectivity index (χ1v) is 6.21. The third-order valence-corrected chi connectivity index (χ3v) is 3.22. The number of carbonyl (C=O) groups excluding carboxylic acids is 1. The molecule has 0 aliphatic rings. The molecule has 0 fully saturated rings. The number of hydrogen-bond donors (Lipinski definition) is 0. The molecule has 0 aliphatic heterocycles. The van der Waals surface area contributed by atoms with Crippen LogP contribution in [0.3, 0.4) is 0 Å². The van der Waals surface area contributed by atoms with E-state index in [9.17, 15) is 4.79 Å². The minimum atomic E-state index is -0.388. The lowest BCUT2D eigenvalue weighted by Gasteiger charge is -2.16. The molecule has 0 spiro atoms. The van der Waals surface area contributed by atoms with E-state index in [4.69, 9.17) is 4.74 Å². The van der Waals surface area contributed by atoms with E-state index in [1.807, 2.05) is 32.2 Å². The van der Waals surface area contributed by atoms with E-state index in [0.717, 1.165) is 10.2 Å². The van der Waals surface area contributed by atoms with Crippen molar-refractivity contribution in [3.63, 3.8) is 0 Å². The summed E-state index contributed by atoms with van der Waals surface area (Å²) in [5, 5.41) is 2.79. The predicted octanol–water partition coefficient (Wildman–Crippen LogP) is 2.69. The monoisotopic (exact) mass is 250 g/mol. The number of aromatic nitrogens is 2. The van der Waals surface area contributed by atoms with Crippen LogP contribution in [0.1, 0.15) is 20.8 Å². The van der Waals surface area contributed by atoms with Gasteiger partial charge in [-0.25, -0.2) is 9.97 Å². The fourth-order valence-electron chi connectivity index (χ4n) is 1.23. The molecule has 2 rings (SSSR count). The highest BCUT2D eigenvalue weighted by molar-refractivity contribution is 7.16. The van der Waals surface area contributed by atoms with Crippen molar-refractivity contribution in [2.75, 3.05) is 6.61 Å². The lowest BCUT2D eigenvalue weighted by Crippen LogP contribution is -2.26. The maximum Gasteiger partial charge on any atom is 0.225 e. The van der Waals surface area contributed by atoms with Gasteiger partial charge in [0.25, 0.3) is 0 Å². The van der Waals surface area contributed by atoms with Crippen LogP contribution in [0, 0.1) is 5.41 Å². The van der Waals surface area contributed by atoms with Crippen LogP contribution >= 0.6 is 11.3 Å². The van der Waals surface area contributed by atoms with Crippen molar-refractivity contribution >= 4 is 27.3 Å². The minimum absolute atomic E-state index is 0.0471. The predicted molar refractivity (Wildman–Crippen MR) is 67.4 cm³/mol. The van der Waals surface area contributed by atoms with Crippen molar-refractivity contribution in [2.45, 2.75) is 20.8 Å². The van der Waals surface area contributed by atoms with Crippen LogP contribution in [-0.2, 0) is 4.79 Å². The molecule has 2 aromatic rings. The number of carbonyl (C=O) groups is 1. The zero-order chi connectivity index (χ0) is 12.5. The molecular weight excluding hydrogens is 236 g/mol. The highest BCUT2D eigenvalue weighted by Gasteiger charge is 2.22. The first-order valence-electron chi connectivity index (χ1n) is 5.33. The average Bonchev–Trinajstić information content (AvgIpc) is 2.72. The summed E-state index contributed by atoms with van der Waals surface area (Å²) in [7, 11) is 0. The van der Waals surface area contributed by atoms with Crippen LogP contribution in [0.5, 0.6) is 5.88 Å². The number of ether oxygens (including phenoxy) is 1. The molecule has 0 aliphatic carbocycles. The second kappa shape index (κ2) is 4.41. The zero-order valence-corrected chi connectivity index (χ0v) is 10.9. The molecule has 0 amide bonds. The van der Waals surface area contributed by atoms with Gasteiger partial charge in [-0.15, -0.1) is 11.3 Å². The Morgan fingerprint density at radius 2 is 2.18 bits per heavy atom. The second-order valence-electron chi connectivity index (χ2n) is 4.78. The van der Waals surface area contributed by atoms with Crippen molar-refractivity contribution in [3.05, 3.63) is 17.8 Å². The lowest BCUT2D eigenvalue weighted by molar-refractivity contribution is -0.128. The molecule has 0 bridgehead atoms. The third-order valence-electron chi connectivity index (χ3n) is 2.40. The van der Waals surface area contributed by atoms with E-state index in [-0.39, 0.29) is 17.8 Å². The topological polar surface area (TPSA) is 52.1 Å². The molecule has 0 saturated heterocycles. The summed E-state index contributed by atoms with van der Waals surface area (Å²) in [6.07, 6.45) is 1.45. The standard InChI is InChI=1S/C12H14N2O2S/c1-12(2,3)9(15)6-16-10-8-4-5-17-11(8)14-7-13-10/h4-5,7H,6H2,1-3H3. The third kappa shape index (κ3) is 2.61. The van der Waals surface area contributed by atoms with E-state index in [0.29, 0.717) is 5.88 Å². The maximum absolute atomic E-state index is 11.7. The van der Waals surface area contributed by atoms with Gasteiger partial charge in [-0.3, -0.25) is 4.79 Å². The number of ketones is 1. The normalized spacial score (nSPS) is 11.7. The molecule has 2 aromatic heterocycles. The Labute approximate surface area is 104 Å². The smallest absolute Gasteiger partial charge is 0.225 e. The van der Waals surface area contributed by atoms with E-state index in [1.54, 1.807) is 0 Å². The fourth-order valence-corrected chi connectivity index (χ4v) is 1.96. The molecule has 0 radical (unpaired) electrons. The summed E-state index contributed by atoms with van der Waals surface area (Å²) >= 11 is 1.53. The fraction of sp³-hybridized carbons (Fsp3) is 0.417. The van der Waals surface area contributed by atoms with Gasteiger partial charge in [0.2, 0.25) is 5.88 Å². The van der Waals surface area contributed by atoms with Gasteiger partial charge in [0.1, 0.15) is 17.8 Å². The van der Waals surface area contributed by atoms with Gasteiger partial charge in [-0.1, -0.05) is 20.8 Å². The Kier molecular flexibility index (Phi) is 3.11. The molecule has 2 heterocycles. The van der Waals surface area contributed by atoms with Gasteiger partial charge in [-0.2, -0.15) is 0 Å². The van der Waals surface area contributed by atoms with E-state index < -0.39 is 0 Å². The first-order chi connectivity index (χ1) is 7.98. The van der Waals surface area contributed by atoms with E-state index in [2.05, 4.69) is 9.97 Å². The number of thiophene rings is 1. The SMILES string of the molecule is CC(C)(C)C(=O)COc1ncnc2sccc12. The van der Waals surface area contributed by atoms with Gasteiger partial charge in [0, 0.05) is 5.41 Å². The van der Waals surface area contributed by atoms with Gasteiger partial charge in [-0.05, 0) is 11.4 Å². The number of rotatable bonds is 3. The Morgan fingerprint density at radius 3 is 2.88 bits per heavy atom. The number of fused-ring (bicyclic) bond motifs is 1. The summed E-state index contributed by atoms with van der Waals surface area (Å²) < 4.78 is 5.47. The molecule has 0 atom stereocenters. The van der Waals surface area contributed by atoms with Gasteiger partial charge in [0.15, 0.2) is 5.78 Å². The Balaban J connectivity index is 2.14. The molecule has 4 nitrogen and oxygen atoms in total. The number of Topliss-reactive ketones (excluding diaryl/α,β-unsaturated/α-hetero) is 1. The van der Waals surface area contributed by atoms with Crippen LogP contribution in [0.15, 0.2) is 17.8 Å². The van der Waals surface area contributed by atoms with Crippen molar-refractivity contribution < 1.29 is 9.53 Å². The molecular formula is C12H14N2O2S. The average molecular weight is 250 g/mol. The lowest BCUT2D eigenvalue weighted by atomic mass is 9.91. The molecule has 0 saturated carbocycles. The highest BCUT2D eigenvalue weighted by atomic mass is 32.1. The van der Waals surface area contributed by atoms with Gasteiger partial charge >= 0.3 is 0 Å². The summed E-state index contributed by atoms with van der Waals surface area (Å²) in [5.41, 5.74) is -0.388. The quantitative estimate of drug-likeness (QED) is 0.840. The van der Waals surface area contributed by atoms with Gasteiger partial charge in [0.05, 0.1) is 5.39 Å². The number of nitrogens with zero attached hydrogens (tertiary/aromatic N) is 2. The Hall–Kier alpha value is -1.49. The zero-order valence-electron chi connectivity index (χ0n) is 10.1. The minimum Gasteiger partial charge on any atom is -0.469 e. The maximum atomic E-state index is 11.7. The van der Waals surface area contributed by atoms with Crippen molar-refractivity contribution in [1.82, 2.24) is 9.97 Å². The van der Waals surface area contributed by atoms with Crippen molar-refractivity contribution in [2.24, 2.45) is 5.41 Å². The molecule has 0 aromatic carbocycles. The highest BCUT2D eigenvalue weighted by Crippen LogP contribution is 2.25. The molecule has 17 heavy (non-hydrogen) atoms. The second-order valence-corrected chi connectivity index (χ2v) is 5.67. The van der Waals surface area contributed by atoms with E-state index in [1.165, 1.54) is 17.7 Å². The van der Waals surface area contributed by atoms with Crippen molar-refractivity contribution in [3.8, 4) is 5.88 Å². The summed E-state index contributed by atoms with van der Waals surface area (Å²) in [6.45, 7) is 5.67. The van der Waals surface area contributed by atoms with Crippen molar-refractivity contribution in [1.29, 1.82) is 0 Å². The molecule has 0 N–H and O–H groups in total. The Bertz CT molecular complexity index is 543. The summed E-state index contributed by atoms with van der Waals surface area (Å²) in [4.78, 5) is 20.8. The number of hydrogen-bond acceptors (Lipinski definition) is 5. The molecule has 0 unspecified atom stereocenters. The van der Waals surface area contributed by atoms with Crippen LogP contribution in [0.4, 0.5) is 0 Å². The van der Waals surface area contributed by atoms with Crippen LogP contribution < -0.4 is 4.74 Å². The van der Waals surface area contributed by atoms with Crippen LogP contribution in [0.2, 0.25) is 0 Å².